The number of aromatic nitrogens is 2. The standard InChI is InChI=1S/C28H28N4O3/c1-4-20-7-5-8-22(15-20)32-26(33)24-16-23(25-9-6-14-35-25)30-31(24)18-28(32,3)27(34)29-17-21-12-10-19(2)11-13-21/h5-16H,4,17-18H2,1-3H3,(H,29,34)/t28-/m1/s1. The molecular formula is C28H28N4O3. The van der Waals surface area contributed by atoms with Crippen molar-refractivity contribution in [1.82, 2.24) is 15.1 Å². The zero-order valence-electron chi connectivity index (χ0n) is 20.1. The van der Waals surface area contributed by atoms with Crippen LogP contribution in [0.3, 0.4) is 0 Å². The first kappa shape index (κ1) is 22.7. The summed E-state index contributed by atoms with van der Waals surface area (Å²) in [6.45, 7) is 6.47. The summed E-state index contributed by atoms with van der Waals surface area (Å²) in [5, 5.41) is 7.66. The Balaban J connectivity index is 1.53. The van der Waals surface area contributed by atoms with Gasteiger partial charge in [0.1, 0.15) is 16.9 Å². The average molecular weight is 469 g/mol. The third kappa shape index (κ3) is 4.14. The Morgan fingerprint density at radius 3 is 2.60 bits per heavy atom. The number of hydrogen-bond donors (Lipinski definition) is 1. The second-order valence-corrected chi connectivity index (χ2v) is 9.16. The molecule has 4 aromatic rings. The van der Waals surface area contributed by atoms with Gasteiger partial charge in [-0.15, -0.1) is 0 Å². The highest BCUT2D eigenvalue weighted by Crippen LogP contribution is 2.34. The number of aryl methyl sites for hydroxylation is 2. The molecule has 178 valence electrons. The fourth-order valence-electron chi connectivity index (χ4n) is 4.52. The molecule has 0 spiro atoms. The minimum absolute atomic E-state index is 0.213. The van der Waals surface area contributed by atoms with Gasteiger partial charge in [0.25, 0.3) is 5.91 Å². The van der Waals surface area contributed by atoms with Crippen molar-refractivity contribution in [2.75, 3.05) is 4.90 Å². The predicted molar refractivity (Wildman–Crippen MR) is 134 cm³/mol. The lowest BCUT2D eigenvalue weighted by molar-refractivity contribution is -0.126. The maximum atomic E-state index is 13.9. The molecule has 0 unspecified atom stereocenters. The van der Waals surface area contributed by atoms with Crippen molar-refractivity contribution in [1.29, 1.82) is 0 Å². The molecular weight excluding hydrogens is 440 g/mol. The highest BCUT2D eigenvalue weighted by molar-refractivity contribution is 6.12. The predicted octanol–water partition coefficient (Wildman–Crippen LogP) is 4.75. The van der Waals surface area contributed by atoms with Crippen molar-refractivity contribution in [3.05, 3.63) is 95.4 Å². The Labute approximate surface area is 204 Å². The monoisotopic (exact) mass is 468 g/mol. The molecule has 0 radical (unpaired) electrons. The molecule has 0 fully saturated rings. The molecule has 1 atom stereocenters. The molecule has 7 nitrogen and oxygen atoms in total. The van der Waals surface area contributed by atoms with Gasteiger partial charge in [0.2, 0.25) is 5.91 Å². The van der Waals surface area contributed by atoms with E-state index < -0.39 is 5.54 Å². The van der Waals surface area contributed by atoms with E-state index in [2.05, 4.69) is 17.3 Å². The number of anilines is 1. The van der Waals surface area contributed by atoms with Crippen molar-refractivity contribution in [3.63, 3.8) is 0 Å². The van der Waals surface area contributed by atoms with Gasteiger partial charge in [-0.05, 0) is 55.7 Å². The van der Waals surface area contributed by atoms with Gasteiger partial charge in [0, 0.05) is 18.3 Å². The van der Waals surface area contributed by atoms with E-state index in [9.17, 15) is 9.59 Å². The topological polar surface area (TPSA) is 80.4 Å². The third-order valence-electron chi connectivity index (χ3n) is 6.57. The first-order valence-electron chi connectivity index (χ1n) is 11.8. The normalized spacial score (nSPS) is 17.3. The molecule has 2 aromatic heterocycles. The fourth-order valence-corrected chi connectivity index (χ4v) is 4.52. The number of nitrogens with zero attached hydrogens (tertiary/aromatic N) is 3. The van der Waals surface area contributed by atoms with E-state index in [-0.39, 0.29) is 18.4 Å². The van der Waals surface area contributed by atoms with Gasteiger partial charge in [0.05, 0.1) is 12.8 Å². The lowest BCUT2D eigenvalue weighted by Gasteiger charge is -2.43. The smallest absolute Gasteiger partial charge is 0.277 e. The number of benzene rings is 2. The maximum Gasteiger partial charge on any atom is 0.277 e. The van der Waals surface area contributed by atoms with Crippen LogP contribution in [0.1, 0.15) is 41.0 Å². The minimum Gasteiger partial charge on any atom is -0.463 e. The van der Waals surface area contributed by atoms with Gasteiger partial charge < -0.3 is 9.73 Å². The lowest BCUT2D eigenvalue weighted by Crippen LogP contribution is -2.64. The number of carbonyl (C=O) groups is 2. The third-order valence-corrected chi connectivity index (χ3v) is 6.57. The van der Waals surface area contributed by atoms with E-state index in [0.717, 1.165) is 23.1 Å². The zero-order chi connectivity index (χ0) is 24.6. The number of rotatable bonds is 6. The Hall–Kier alpha value is -4.13. The van der Waals surface area contributed by atoms with E-state index in [1.54, 1.807) is 41.0 Å². The van der Waals surface area contributed by atoms with Crippen LogP contribution in [-0.2, 0) is 24.3 Å². The van der Waals surface area contributed by atoms with E-state index in [1.165, 1.54) is 0 Å². The Morgan fingerprint density at radius 1 is 1.09 bits per heavy atom. The second kappa shape index (κ2) is 8.91. The van der Waals surface area contributed by atoms with Crippen molar-refractivity contribution in [3.8, 4) is 11.5 Å². The number of fused-ring (bicyclic) bond motifs is 1. The molecule has 0 bridgehead atoms. The summed E-state index contributed by atoms with van der Waals surface area (Å²) in [6, 6.07) is 21.1. The van der Waals surface area contributed by atoms with Gasteiger partial charge in [-0.2, -0.15) is 5.10 Å². The highest BCUT2D eigenvalue weighted by atomic mass is 16.3. The summed E-state index contributed by atoms with van der Waals surface area (Å²) in [4.78, 5) is 29.2. The number of hydrogen-bond acceptors (Lipinski definition) is 4. The maximum absolute atomic E-state index is 13.9. The van der Waals surface area contributed by atoms with Gasteiger partial charge in [-0.25, -0.2) is 0 Å². The second-order valence-electron chi connectivity index (χ2n) is 9.16. The Kier molecular flexibility index (Phi) is 5.76. The summed E-state index contributed by atoms with van der Waals surface area (Å²) in [6.07, 6.45) is 2.40. The van der Waals surface area contributed by atoms with Gasteiger partial charge in [-0.3, -0.25) is 19.2 Å². The van der Waals surface area contributed by atoms with Crippen LogP contribution in [0.25, 0.3) is 11.5 Å². The van der Waals surface area contributed by atoms with Crippen molar-refractivity contribution in [2.45, 2.75) is 45.8 Å². The quantitative estimate of drug-likeness (QED) is 0.443. The summed E-state index contributed by atoms with van der Waals surface area (Å²) in [5.41, 5.74) is 3.72. The van der Waals surface area contributed by atoms with Crippen LogP contribution in [-0.4, -0.2) is 27.1 Å². The summed E-state index contributed by atoms with van der Waals surface area (Å²) < 4.78 is 7.11. The van der Waals surface area contributed by atoms with Crippen LogP contribution in [0.2, 0.25) is 0 Å². The van der Waals surface area contributed by atoms with Gasteiger partial charge >= 0.3 is 0 Å². The molecule has 0 saturated heterocycles. The summed E-state index contributed by atoms with van der Waals surface area (Å²) >= 11 is 0. The zero-order valence-corrected chi connectivity index (χ0v) is 20.1. The molecule has 2 aromatic carbocycles. The molecule has 0 aliphatic carbocycles. The van der Waals surface area contributed by atoms with Crippen LogP contribution >= 0.6 is 0 Å². The first-order chi connectivity index (χ1) is 16.9. The van der Waals surface area contributed by atoms with Crippen molar-refractivity contribution in [2.24, 2.45) is 0 Å². The summed E-state index contributed by atoms with van der Waals surface area (Å²) in [5.74, 6) is 0.0570. The average Bonchev–Trinajstić information content (AvgIpc) is 3.54. The Bertz CT molecular complexity index is 1370. The first-order valence-corrected chi connectivity index (χ1v) is 11.8. The minimum atomic E-state index is -1.19. The number of furan rings is 1. The highest BCUT2D eigenvalue weighted by Gasteiger charge is 2.49. The largest absolute Gasteiger partial charge is 0.463 e. The van der Waals surface area contributed by atoms with Gasteiger partial charge in [-0.1, -0.05) is 48.9 Å². The SMILES string of the molecule is CCc1cccc(N2C(=O)c3cc(-c4ccco4)nn3C[C@]2(C)C(=O)NCc2ccc(C)cc2)c1. The molecule has 1 aliphatic heterocycles. The molecule has 7 heteroatoms. The Morgan fingerprint density at radius 2 is 1.89 bits per heavy atom. The van der Waals surface area contributed by atoms with Crippen molar-refractivity contribution >= 4 is 17.5 Å². The number of carbonyl (C=O) groups excluding carboxylic acids is 2. The molecule has 2 amide bonds. The molecule has 35 heavy (non-hydrogen) atoms. The van der Waals surface area contributed by atoms with E-state index in [4.69, 9.17) is 4.42 Å². The van der Waals surface area contributed by atoms with Crippen LogP contribution in [0.5, 0.6) is 0 Å². The number of amides is 2. The molecule has 1 N–H and O–H groups in total. The van der Waals surface area contributed by atoms with E-state index in [1.807, 2.05) is 55.5 Å². The molecule has 3 heterocycles. The summed E-state index contributed by atoms with van der Waals surface area (Å²) in [7, 11) is 0. The van der Waals surface area contributed by atoms with Crippen LogP contribution in [0, 0.1) is 6.92 Å². The van der Waals surface area contributed by atoms with Crippen LogP contribution in [0.15, 0.2) is 77.4 Å². The fraction of sp³-hybridized carbons (Fsp3) is 0.250. The number of nitrogens with one attached hydrogen (secondary N) is 1. The van der Waals surface area contributed by atoms with E-state index >= 15 is 0 Å². The molecule has 5 rings (SSSR count). The van der Waals surface area contributed by atoms with Crippen LogP contribution < -0.4 is 10.2 Å². The molecule has 1 aliphatic rings. The van der Waals surface area contributed by atoms with E-state index in [0.29, 0.717) is 29.4 Å². The van der Waals surface area contributed by atoms with Crippen LogP contribution in [0.4, 0.5) is 5.69 Å². The van der Waals surface area contributed by atoms with Crippen molar-refractivity contribution < 1.29 is 14.0 Å². The lowest BCUT2D eigenvalue weighted by atomic mass is 9.93. The van der Waals surface area contributed by atoms with Gasteiger partial charge in [0.15, 0.2) is 5.76 Å². The molecule has 0 saturated carbocycles.